The van der Waals surface area contributed by atoms with E-state index in [1.54, 1.807) is 0 Å². The van der Waals surface area contributed by atoms with E-state index in [0.29, 0.717) is 0 Å². The van der Waals surface area contributed by atoms with E-state index < -0.39 is 0 Å². The maximum absolute atomic E-state index is 6.40. The molecule has 0 saturated carbocycles. The largest absolute Gasteiger partial charge is 0.309 e. The Morgan fingerprint density at radius 3 is 1.91 bits per heavy atom. The number of halogens is 1. The van der Waals surface area contributed by atoms with Crippen molar-refractivity contribution in [2.24, 2.45) is 0 Å². The molecule has 0 N–H and O–H groups in total. The molecule has 0 atom stereocenters. The minimum atomic E-state index is 0.752. The van der Waals surface area contributed by atoms with Crippen LogP contribution in [0.3, 0.4) is 0 Å². The highest BCUT2D eigenvalue weighted by atomic mass is 35.5. The van der Waals surface area contributed by atoms with Crippen molar-refractivity contribution in [1.82, 2.24) is 4.57 Å². The molecule has 2 heteroatoms. The maximum Gasteiger partial charge on any atom is 0.0619 e. The molecule has 1 heterocycles. The predicted octanol–water partition coefficient (Wildman–Crippen LogP) is 8.77. The van der Waals surface area contributed by atoms with Crippen molar-refractivity contribution in [3.05, 3.63) is 126 Å². The van der Waals surface area contributed by atoms with Gasteiger partial charge in [-0.1, -0.05) is 103 Å². The summed E-state index contributed by atoms with van der Waals surface area (Å²) in [6.07, 6.45) is 0. The van der Waals surface area contributed by atoms with Crippen molar-refractivity contribution in [2.75, 3.05) is 0 Å². The molecule has 6 aromatic rings. The van der Waals surface area contributed by atoms with E-state index in [0.717, 1.165) is 16.2 Å². The zero-order chi connectivity index (χ0) is 21.5. The van der Waals surface area contributed by atoms with Crippen molar-refractivity contribution in [2.45, 2.75) is 0 Å². The zero-order valence-corrected chi connectivity index (χ0v) is 18.1. The Labute approximate surface area is 192 Å². The third-order valence-corrected chi connectivity index (χ3v) is 6.30. The first-order valence-electron chi connectivity index (χ1n) is 10.7. The van der Waals surface area contributed by atoms with Crippen LogP contribution in [0.15, 0.2) is 121 Å². The van der Waals surface area contributed by atoms with E-state index in [2.05, 4.69) is 114 Å². The minimum absolute atomic E-state index is 0.752. The Hall–Kier alpha value is -3.81. The number of hydrogen-bond donors (Lipinski definition) is 0. The lowest BCUT2D eigenvalue weighted by Gasteiger charge is -2.12. The first-order valence-corrected chi connectivity index (χ1v) is 11.1. The molecule has 0 aliphatic heterocycles. The van der Waals surface area contributed by atoms with Crippen molar-refractivity contribution in [3.8, 4) is 27.9 Å². The van der Waals surface area contributed by atoms with Crippen LogP contribution in [-0.2, 0) is 0 Å². The van der Waals surface area contributed by atoms with E-state index >= 15 is 0 Å². The second kappa shape index (κ2) is 7.71. The summed E-state index contributed by atoms with van der Waals surface area (Å²) in [5.41, 5.74) is 8.34. The van der Waals surface area contributed by atoms with E-state index in [4.69, 9.17) is 11.6 Å². The molecule has 0 unspecified atom stereocenters. The topological polar surface area (TPSA) is 4.93 Å². The Bertz CT molecular complexity index is 1550. The fourth-order valence-electron chi connectivity index (χ4n) is 4.59. The molecule has 6 rings (SSSR count). The highest BCUT2D eigenvalue weighted by molar-refractivity contribution is 6.32. The molecular weight excluding hydrogens is 410 g/mol. The lowest BCUT2D eigenvalue weighted by Crippen LogP contribution is -1.95. The summed E-state index contributed by atoms with van der Waals surface area (Å²) >= 11 is 6.40. The van der Waals surface area contributed by atoms with Crippen molar-refractivity contribution in [1.29, 1.82) is 0 Å². The standard InChI is InChI=1S/C30H20ClN/c31-24-18-19-29-28(20-24)27-13-7-12-26(30(27)32(29)25-10-5-2-6-11-25)23-16-14-22(15-17-23)21-8-3-1-4-9-21/h1-20H. The summed E-state index contributed by atoms with van der Waals surface area (Å²) in [5.74, 6) is 0. The van der Waals surface area contributed by atoms with Crippen molar-refractivity contribution < 1.29 is 0 Å². The van der Waals surface area contributed by atoms with Crippen LogP contribution in [-0.4, -0.2) is 4.57 Å². The van der Waals surface area contributed by atoms with Gasteiger partial charge >= 0.3 is 0 Å². The van der Waals surface area contributed by atoms with E-state index in [1.807, 2.05) is 12.1 Å². The summed E-state index contributed by atoms with van der Waals surface area (Å²) in [6.45, 7) is 0. The van der Waals surface area contributed by atoms with Gasteiger partial charge in [0.1, 0.15) is 0 Å². The Morgan fingerprint density at radius 1 is 0.500 bits per heavy atom. The number of benzene rings is 5. The summed E-state index contributed by atoms with van der Waals surface area (Å²) in [6, 6.07) is 42.6. The summed E-state index contributed by atoms with van der Waals surface area (Å²) in [5, 5.41) is 3.12. The average molecular weight is 430 g/mol. The van der Waals surface area contributed by atoms with E-state index in [9.17, 15) is 0 Å². The lowest BCUT2D eigenvalue weighted by molar-refractivity contribution is 1.18. The molecule has 0 amide bonds. The number of nitrogens with zero attached hydrogens (tertiary/aromatic N) is 1. The van der Waals surface area contributed by atoms with Crippen molar-refractivity contribution >= 4 is 33.4 Å². The van der Waals surface area contributed by atoms with E-state index in [1.165, 1.54) is 38.5 Å². The van der Waals surface area contributed by atoms with Crippen LogP contribution in [0.5, 0.6) is 0 Å². The van der Waals surface area contributed by atoms with Crippen LogP contribution in [0.4, 0.5) is 0 Å². The molecule has 0 fully saturated rings. The molecule has 1 aromatic heterocycles. The molecule has 0 spiro atoms. The van der Waals surface area contributed by atoms with Gasteiger partial charge in [-0.25, -0.2) is 0 Å². The Balaban J connectivity index is 1.62. The number of aromatic nitrogens is 1. The molecule has 0 bridgehead atoms. The van der Waals surface area contributed by atoms with Gasteiger partial charge in [0.05, 0.1) is 11.0 Å². The molecule has 152 valence electrons. The SMILES string of the molecule is Clc1ccc2c(c1)c1cccc(-c3ccc(-c4ccccc4)cc3)c1n2-c1ccccc1. The highest BCUT2D eigenvalue weighted by Crippen LogP contribution is 2.39. The monoisotopic (exact) mass is 429 g/mol. The first-order chi connectivity index (χ1) is 15.8. The van der Waals surface area contributed by atoms with Gasteiger partial charge in [0.15, 0.2) is 0 Å². The van der Waals surface area contributed by atoms with Gasteiger partial charge in [-0.3, -0.25) is 0 Å². The Kier molecular flexibility index (Phi) is 4.56. The smallest absolute Gasteiger partial charge is 0.0619 e. The van der Waals surface area contributed by atoms with Gasteiger partial charge in [-0.05, 0) is 47.0 Å². The number of hydrogen-bond acceptors (Lipinski definition) is 0. The van der Waals surface area contributed by atoms with Crippen LogP contribution in [0, 0.1) is 0 Å². The van der Waals surface area contributed by atoms with Gasteiger partial charge in [-0.15, -0.1) is 0 Å². The van der Waals surface area contributed by atoms with Crippen LogP contribution < -0.4 is 0 Å². The fraction of sp³-hybridized carbons (Fsp3) is 0. The second-order valence-corrected chi connectivity index (χ2v) is 8.41. The van der Waals surface area contributed by atoms with Crippen LogP contribution in [0.2, 0.25) is 5.02 Å². The Morgan fingerprint density at radius 2 is 1.16 bits per heavy atom. The normalized spacial score (nSPS) is 11.3. The quantitative estimate of drug-likeness (QED) is 0.265. The third-order valence-electron chi connectivity index (χ3n) is 6.07. The lowest BCUT2D eigenvalue weighted by atomic mass is 9.98. The molecule has 5 aromatic carbocycles. The summed E-state index contributed by atoms with van der Waals surface area (Å²) in [4.78, 5) is 0. The summed E-state index contributed by atoms with van der Waals surface area (Å²) < 4.78 is 2.35. The molecule has 0 saturated heterocycles. The van der Waals surface area contributed by atoms with Crippen LogP contribution >= 0.6 is 11.6 Å². The second-order valence-electron chi connectivity index (χ2n) is 7.98. The minimum Gasteiger partial charge on any atom is -0.309 e. The fourth-order valence-corrected chi connectivity index (χ4v) is 4.76. The molecule has 1 nitrogen and oxygen atoms in total. The molecule has 32 heavy (non-hydrogen) atoms. The van der Waals surface area contributed by atoms with Gasteiger partial charge in [0.2, 0.25) is 0 Å². The molecule has 0 aliphatic carbocycles. The van der Waals surface area contributed by atoms with Gasteiger partial charge in [-0.2, -0.15) is 0 Å². The third kappa shape index (κ3) is 3.10. The zero-order valence-electron chi connectivity index (χ0n) is 17.4. The molecule has 0 aliphatic rings. The number of para-hydroxylation sites is 2. The van der Waals surface area contributed by atoms with Gasteiger partial charge < -0.3 is 4.57 Å². The predicted molar refractivity (Wildman–Crippen MR) is 137 cm³/mol. The highest BCUT2D eigenvalue weighted by Gasteiger charge is 2.16. The average Bonchev–Trinajstić information content (AvgIpc) is 3.19. The first kappa shape index (κ1) is 18.9. The van der Waals surface area contributed by atoms with Crippen LogP contribution in [0.1, 0.15) is 0 Å². The number of fused-ring (bicyclic) bond motifs is 3. The van der Waals surface area contributed by atoms with Crippen LogP contribution in [0.25, 0.3) is 49.7 Å². The van der Waals surface area contributed by atoms with Crippen molar-refractivity contribution in [3.63, 3.8) is 0 Å². The molecule has 0 radical (unpaired) electrons. The molecular formula is C30H20ClN. The van der Waals surface area contributed by atoms with E-state index in [-0.39, 0.29) is 0 Å². The number of rotatable bonds is 3. The maximum atomic E-state index is 6.40. The van der Waals surface area contributed by atoms with Gasteiger partial charge in [0, 0.05) is 27.0 Å². The summed E-state index contributed by atoms with van der Waals surface area (Å²) in [7, 11) is 0. The van der Waals surface area contributed by atoms with Gasteiger partial charge in [0.25, 0.3) is 0 Å².